The lowest BCUT2D eigenvalue weighted by molar-refractivity contribution is 0.0540. The normalized spacial score (nSPS) is 22.4. The molecule has 94 valence electrons. The fourth-order valence-corrected chi connectivity index (χ4v) is 2.88. The van der Waals surface area contributed by atoms with Gasteiger partial charge < -0.3 is 10.1 Å². The van der Waals surface area contributed by atoms with Crippen LogP contribution in [0.25, 0.3) is 0 Å². The van der Waals surface area contributed by atoms with Gasteiger partial charge in [-0.2, -0.15) is 0 Å². The lowest BCUT2D eigenvalue weighted by Gasteiger charge is -2.24. The van der Waals surface area contributed by atoms with Crippen molar-refractivity contribution in [3.05, 3.63) is 34.3 Å². The number of nitrogens with one attached hydrogen (secondary N) is 1. The molecule has 1 aromatic rings. The van der Waals surface area contributed by atoms with Gasteiger partial charge in [0.25, 0.3) is 0 Å². The van der Waals surface area contributed by atoms with E-state index >= 15 is 0 Å². The molecule has 0 aromatic heterocycles. The lowest BCUT2D eigenvalue weighted by atomic mass is 10.0. The molecule has 0 amide bonds. The predicted molar refractivity (Wildman–Crippen MR) is 74.1 cm³/mol. The van der Waals surface area contributed by atoms with Crippen LogP contribution in [0.1, 0.15) is 31.4 Å². The van der Waals surface area contributed by atoms with Gasteiger partial charge in [-0.15, -0.1) is 0 Å². The van der Waals surface area contributed by atoms with Gasteiger partial charge in [0, 0.05) is 23.7 Å². The molecule has 0 spiro atoms. The van der Waals surface area contributed by atoms with Crippen molar-refractivity contribution in [2.45, 2.75) is 25.8 Å². The molecule has 1 fully saturated rings. The average molecular weight is 298 g/mol. The minimum absolute atomic E-state index is 0.382. The molecule has 2 unspecified atom stereocenters. The van der Waals surface area contributed by atoms with Crippen molar-refractivity contribution in [3.63, 3.8) is 0 Å². The standard InChI is InChI=1S/C14H20BrNO/c1-11(13-6-2-3-7-14(13)15)16-9-12-5-4-8-17-10-12/h2-3,6-7,11-12,16H,4-5,8-10H2,1H3. The van der Waals surface area contributed by atoms with Gasteiger partial charge >= 0.3 is 0 Å². The predicted octanol–water partition coefficient (Wildman–Crippen LogP) is 3.53. The number of ether oxygens (including phenoxy) is 1. The molecule has 1 heterocycles. The smallest absolute Gasteiger partial charge is 0.0506 e. The van der Waals surface area contributed by atoms with Crippen molar-refractivity contribution < 1.29 is 4.74 Å². The Kier molecular flexibility index (Phi) is 5.01. The molecule has 0 radical (unpaired) electrons. The van der Waals surface area contributed by atoms with Gasteiger partial charge in [-0.3, -0.25) is 0 Å². The second-order valence-electron chi connectivity index (χ2n) is 4.73. The largest absolute Gasteiger partial charge is 0.381 e. The van der Waals surface area contributed by atoms with Gasteiger partial charge in [0.05, 0.1) is 6.61 Å². The van der Waals surface area contributed by atoms with E-state index < -0.39 is 0 Å². The highest BCUT2D eigenvalue weighted by atomic mass is 79.9. The summed E-state index contributed by atoms with van der Waals surface area (Å²) in [4.78, 5) is 0. The van der Waals surface area contributed by atoms with Crippen LogP contribution in [0.3, 0.4) is 0 Å². The molecular weight excluding hydrogens is 278 g/mol. The molecule has 2 rings (SSSR count). The van der Waals surface area contributed by atoms with E-state index in [4.69, 9.17) is 4.74 Å². The van der Waals surface area contributed by atoms with E-state index in [0.717, 1.165) is 19.8 Å². The minimum atomic E-state index is 0.382. The van der Waals surface area contributed by atoms with E-state index in [1.165, 1.54) is 22.9 Å². The monoisotopic (exact) mass is 297 g/mol. The van der Waals surface area contributed by atoms with Crippen molar-refractivity contribution in [2.24, 2.45) is 5.92 Å². The molecule has 1 aliphatic heterocycles. The van der Waals surface area contributed by atoms with E-state index in [1.54, 1.807) is 0 Å². The number of halogens is 1. The van der Waals surface area contributed by atoms with Crippen LogP contribution in [0.2, 0.25) is 0 Å². The van der Waals surface area contributed by atoms with Crippen LogP contribution in [0.5, 0.6) is 0 Å². The van der Waals surface area contributed by atoms with Crippen molar-refractivity contribution in [3.8, 4) is 0 Å². The SMILES string of the molecule is CC(NCC1CCCOC1)c1ccccc1Br. The highest BCUT2D eigenvalue weighted by molar-refractivity contribution is 9.10. The van der Waals surface area contributed by atoms with Gasteiger partial charge in [-0.25, -0.2) is 0 Å². The number of hydrogen-bond donors (Lipinski definition) is 1. The van der Waals surface area contributed by atoms with E-state index in [9.17, 15) is 0 Å². The highest BCUT2D eigenvalue weighted by Crippen LogP contribution is 2.23. The van der Waals surface area contributed by atoms with Crippen molar-refractivity contribution in [2.75, 3.05) is 19.8 Å². The molecule has 1 N–H and O–H groups in total. The maximum Gasteiger partial charge on any atom is 0.0506 e. The van der Waals surface area contributed by atoms with Crippen molar-refractivity contribution in [1.29, 1.82) is 0 Å². The third-order valence-electron chi connectivity index (χ3n) is 3.34. The molecule has 1 aliphatic rings. The van der Waals surface area contributed by atoms with E-state index in [2.05, 4.69) is 52.4 Å². The first kappa shape index (κ1) is 13.1. The summed E-state index contributed by atoms with van der Waals surface area (Å²) in [7, 11) is 0. The summed E-state index contributed by atoms with van der Waals surface area (Å²) in [6.45, 7) is 5.11. The fourth-order valence-electron chi connectivity index (χ4n) is 2.25. The third kappa shape index (κ3) is 3.80. The Bertz CT molecular complexity index is 350. The maximum atomic E-state index is 5.49. The number of rotatable bonds is 4. The summed E-state index contributed by atoms with van der Waals surface area (Å²) in [5, 5.41) is 3.60. The Morgan fingerprint density at radius 3 is 3.00 bits per heavy atom. The zero-order valence-corrected chi connectivity index (χ0v) is 11.9. The lowest BCUT2D eigenvalue weighted by Crippen LogP contribution is -2.30. The van der Waals surface area contributed by atoms with Crippen LogP contribution in [0.4, 0.5) is 0 Å². The van der Waals surface area contributed by atoms with E-state index in [1.807, 2.05) is 0 Å². The quantitative estimate of drug-likeness (QED) is 0.918. The Morgan fingerprint density at radius 2 is 2.29 bits per heavy atom. The van der Waals surface area contributed by atoms with Crippen LogP contribution in [-0.2, 0) is 4.74 Å². The summed E-state index contributed by atoms with van der Waals surface area (Å²) in [5.41, 5.74) is 1.32. The maximum absolute atomic E-state index is 5.49. The second-order valence-corrected chi connectivity index (χ2v) is 5.59. The molecule has 0 saturated carbocycles. The van der Waals surface area contributed by atoms with E-state index in [0.29, 0.717) is 12.0 Å². The first-order chi connectivity index (χ1) is 8.27. The van der Waals surface area contributed by atoms with Gasteiger partial charge in [0.15, 0.2) is 0 Å². The summed E-state index contributed by atoms with van der Waals surface area (Å²) in [5.74, 6) is 0.675. The molecule has 0 bridgehead atoms. The summed E-state index contributed by atoms with van der Waals surface area (Å²) in [6, 6.07) is 8.78. The number of hydrogen-bond acceptors (Lipinski definition) is 2. The van der Waals surface area contributed by atoms with Crippen molar-refractivity contribution >= 4 is 15.9 Å². The van der Waals surface area contributed by atoms with Gasteiger partial charge in [-0.1, -0.05) is 34.1 Å². The molecule has 1 saturated heterocycles. The zero-order valence-electron chi connectivity index (χ0n) is 10.3. The first-order valence-electron chi connectivity index (χ1n) is 6.33. The Balaban J connectivity index is 1.84. The molecular formula is C14H20BrNO. The van der Waals surface area contributed by atoms with Gasteiger partial charge in [0.1, 0.15) is 0 Å². The van der Waals surface area contributed by atoms with Crippen LogP contribution >= 0.6 is 15.9 Å². The molecule has 2 atom stereocenters. The fraction of sp³-hybridized carbons (Fsp3) is 0.571. The summed E-state index contributed by atoms with van der Waals surface area (Å²) in [6.07, 6.45) is 2.49. The van der Waals surface area contributed by atoms with Crippen molar-refractivity contribution in [1.82, 2.24) is 5.32 Å². The van der Waals surface area contributed by atoms with Crippen LogP contribution in [0.15, 0.2) is 28.7 Å². The zero-order chi connectivity index (χ0) is 12.1. The molecule has 1 aromatic carbocycles. The third-order valence-corrected chi connectivity index (χ3v) is 4.06. The van der Waals surface area contributed by atoms with Crippen LogP contribution in [-0.4, -0.2) is 19.8 Å². The Hall–Kier alpha value is -0.380. The molecule has 0 aliphatic carbocycles. The summed E-state index contributed by atoms with van der Waals surface area (Å²) >= 11 is 3.60. The molecule has 2 nitrogen and oxygen atoms in total. The first-order valence-corrected chi connectivity index (χ1v) is 7.12. The molecule has 3 heteroatoms. The van der Waals surface area contributed by atoms with E-state index in [-0.39, 0.29) is 0 Å². The Labute approximate surface area is 112 Å². The minimum Gasteiger partial charge on any atom is -0.381 e. The summed E-state index contributed by atoms with van der Waals surface area (Å²) < 4.78 is 6.68. The van der Waals surface area contributed by atoms with Gasteiger partial charge in [0.2, 0.25) is 0 Å². The Morgan fingerprint density at radius 1 is 1.47 bits per heavy atom. The topological polar surface area (TPSA) is 21.3 Å². The second kappa shape index (κ2) is 6.53. The van der Waals surface area contributed by atoms with Crippen LogP contribution in [0, 0.1) is 5.92 Å². The van der Waals surface area contributed by atoms with Gasteiger partial charge in [-0.05, 0) is 37.3 Å². The molecule has 17 heavy (non-hydrogen) atoms. The number of benzene rings is 1. The average Bonchev–Trinajstić information content (AvgIpc) is 2.38. The van der Waals surface area contributed by atoms with Crippen LogP contribution < -0.4 is 5.32 Å². The highest BCUT2D eigenvalue weighted by Gasteiger charge is 2.15.